The van der Waals surface area contributed by atoms with Crippen LogP contribution < -0.4 is 0 Å². The van der Waals surface area contributed by atoms with Gasteiger partial charge in [-0.05, 0) is 49.1 Å². The molecule has 0 unspecified atom stereocenters. The van der Waals surface area contributed by atoms with E-state index in [9.17, 15) is 0 Å². The van der Waals surface area contributed by atoms with Gasteiger partial charge in [0.05, 0.1) is 5.69 Å². The van der Waals surface area contributed by atoms with E-state index in [1.54, 1.807) is 0 Å². The minimum atomic E-state index is 0.287. The zero-order chi connectivity index (χ0) is 9.71. The Morgan fingerprint density at radius 2 is 2.00 bits per heavy atom. The third-order valence-electron chi connectivity index (χ3n) is 3.38. The summed E-state index contributed by atoms with van der Waals surface area (Å²) in [5.41, 5.74) is 2.26. The summed E-state index contributed by atoms with van der Waals surface area (Å²) in [5.74, 6) is 1.39. The van der Waals surface area contributed by atoms with Crippen molar-refractivity contribution in [1.29, 1.82) is 0 Å². The van der Waals surface area contributed by atoms with Gasteiger partial charge in [0.2, 0.25) is 5.28 Å². The molecule has 2 bridgehead atoms. The van der Waals surface area contributed by atoms with Crippen molar-refractivity contribution in [2.24, 2.45) is 5.92 Å². The SMILES string of the molecule is Clc1nc(Cl)c2c(n1)C[C@H]1CC[C@@H]2C1. The van der Waals surface area contributed by atoms with E-state index in [4.69, 9.17) is 23.2 Å². The Kier molecular flexibility index (Phi) is 1.96. The number of aromatic nitrogens is 2. The fourth-order valence-corrected chi connectivity index (χ4v) is 3.39. The van der Waals surface area contributed by atoms with Crippen molar-refractivity contribution in [1.82, 2.24) is 9.97 Å². The summed E-state index contributed by atoms with van der Waals surface area (Å²) in [6, 6.07) is 0. The maximum atomic E-state index is 6.10. The van der Waals surface area contributed by atoms with Gasteiger partial charge in [-0.15, -0.1) is 0 Å². The Hall–Kier alpha value is -0.340. The first-order valence-electron chi connectivity index (χ1n) is 4.96. The predicted octanol–water partition coefficient (Wildman–Crippen LogP) is 3.22. The smallest absolute Gasteiger partial charge is 0.223 e. The van der Waals surface area contributed by atoms with Crippen molar-refractivity contribution in [2.45, 2.75) is 31.6 Å². The Morgan fingerprint density at radius 1 is 1.14 bits per heavy atom. The molecule has 1 heterocycles. The van der Waals surface area contributed by atoms with Gasteiger partial charge in [-0.3, -0.25) is 0 Å². The van der Waals surface area contributed by atoms with Gasteiger partial charge in [0, 0.05) is 5.56 Å². The highest BCUT2D eigenvalue weighted by Crippen LogP contribution is 2.47. The second-order valence-corrected chi connectivity index (χ2v) is 4.92. The van der Waals surface area contributed by atoms with E-state index in [0.717, 1.165) is 18.0 Å². The van der Waals surface area contributed by atoms with Gasteiger partial charge < -0.3 is 0 Å². The van der Waals surface area contributed by atoms with Crippen LogP contribution >= 0.6 is 23.2 Å². The average Bonchev–Trinajstić information content (AvgIpc) is 2.46. The van der Waals surface area contributed by atoms with E-state index in [0.29, 0.717) is 11.1 Å². The second kappa shape index (κ2) is 3.07. The fraction of sp³-hybridized carbons (Fsp3) is 0.600. The lowest BCUT2D eigenvalue weighted by atomic mass is 9.87. The molecule has 2 atom stereocenters. The molecule has 74 valence electrons. The topological polar surface area (TPSA) is 25.8 Å². The summed E-state index contributed by atoms with van der Waals surface area (Å²) < 4.78 is 0. The largest absolute Gasteiger partial charge is 0.224 e. The molecule has 3 rings (SSSR count). The summed E-state index contributed by atoms with van der Waals surface area (Å²) in [7, 11) is 0. The van der Waals surface area contributed by atoms with Crippen molar-refractivity contribution in [3.05, 3.63) is 21.7 Å². The number of halogens is 2. The molecule has 2 nitrogen and oxygen atoms in total. The maximum absolute atomic E-state index is 6.10. The number of nitrogens with zero attached hydrogens (tertiary/aromatic N) is 2. The summed E-state index contributed by atoms with van der Waals surface area (Å²) in [5, 5.41) is 0.861. The lowest BCUT2D eigenvalue weighted by molar-refractivity contribution is 0.499. The van der Waals surface area contributed by atoms with E-state index in [1.165, 1.54) is 24.8 Å². The molecule has 0 spiro atoms. The van der Waals surface area contributed by atoms with Gasteiger partial charge in [-0.25, -0.2) is 9.97 Å². The first-order chi connectivity index (χ1) is 6.74. The molecular weight excluding hydrogens is 219 g/mol. The molecule has 0 N–H and O–H groups in total. The third kappa shape index (κ3) is 1.24. The van der Waals surface area contributed by atoms with Crippen molar-refractivity contribution in [3.8, 4) is 0 Å². The molecule has 4 heteroatoms. The number of hydrogen-bond donors (Lipinski definition) is 0. The van der Waals surface area contributed by atoms with Crippen LogP contribution in [0.25, 0.3) is 0 Å². The van der Waals surface area contributed by atoms with Crippen LogP contribution in [0.5, 0.6) is 0 Å². The fourth-order valence-electron chi connectivity index (χ4n) is 2.81. The quantitative estimate of drug-likeness (QED) is 0.504. The van der Waals surface area contributed by atoms with E-state index in [2.05, 4.69) is 9.97 Å². The van der Waals surface area contributed by atoms with Gasteiger partial charge in [0.15, 0.2) is 0 Å². The molecule has 0 radical (unpaired) electrons. The van der Waals surface area contributed by atoms with Gasteiger partial charge in [0.25, 0.3) is 0 Å². The molecular formula is C10H10Cl2N2. The standard InChI is InChI=1S/C10H10Cl2N2/c11-9-8-6-2-1-5(3-6)4-7(8)13-10(12)14-9/h5-6H,1-4H2/t5-,6+/m0/s1. The van der Waals surface area contributed by atoms with E-state index in [1.807, 2.05) is 0 Å². The summed E-state index contributed by atoms with van der Waals surface area (Å²) in [4.78, 5) is 8.31. The van der Waals surface area contributed by atoms with Gasteiger partial charge in [-0.2, -0.15) is 0 Å². The molecule has 2 aliphatic carbocycles. The molecule has 0 aromatic carbocycles. The average molecular weight is 229 g/mol. The Bertz CT molecular complexity index is 392. The first kappa shape index (κ1) is 8.93. The molecule has 1 aromatic heterocycles. The lowest BCUT2D eigenvalue weighted by Crippen LogP contribution is -2.14. The molecule has 0 amide bonds. The number of rotatable bonds is 0. The molecule has 2 aliphatic rings. The normalized spacial score (nSPS) is 29.0. The Morgan fingerprint density at radius 3 is 2.86 bits per heavy atom. The Labute approximate surface area is 92.7 Å². The van der Waals surface area contributed by atoms with Crippen LogP contribution in [0.4, 0.5) is 0 Å². The number of fused-ring (bicyclic) bond motifs is 4. The number of hydrogen-bond acceptors (Lipinski definition) is 2. The van der Waals surface area contributed by atoms with Crippen LogP contribution in [-0.2, 0) is 6.42 Å². The highest BCUT2D eigenvalue weighted by Gasteiger charge is 2.35. The monoisotopic (exact) mass is 228 g/mol. The van der Waals surface area contributed by atoms with Gasteiger partial charge in [-0.1, -0.05) is 11.6 Å². The van der Waals surface area contributed by atoms with Crippen LogP contribution in [0.3, 0.4) is 0 Å². The second-order valence-electron chi connectivity index (χ2n) is 4.22. The predicted molar refractivity (Wildman–Crippen MR) is 55.8 cm³/mol. The highest BCUT2D eigenvalue weighted by atomic mass is 35.5. The molecule has 14 heavy (non-hydrogen) atoms. The molecule has 1 saturated carbocycles. The zero-order valence-electron chi connectivity index (χ0n) is 7.63. The lowest BCUT2D eigenvalue weighted by Gasteiger charge is -2.22. The van der Waals surface area contributed by atoms with Crippen LogP contribution in [0.1, 0.15) is 36.4 Å². The van der Waals surface area contributed by atoms with Crippen LogP contribution in [0.2, 0.25) is 10.4 Å². The van der Waals surface area contributed by atoms with E-state index in [-0.39, 0.29) is 5.28 Å². The third-order valence-corrected chi connectivity index (χ3v) is 3.84. The molecule has 1 fully saturated rings. The Balaban J connectivity index is 2.18. The highest BCUT2D eigenvalue weighted by molar-refractivity contribution is 6.32. The summed E-state index contributed by atoms with van der Waals surface area (Å²) in [6.45, 7) is 0. The molecule has 0 aliphatic heterocycles. The van der Waals surface area contributed by atoms with E-state index >= 15 is 0 Å². The summed E-state index contributed by atoms with van der Waals surface area (Å²) >= 11 is 11.9. The van der Waals surface area contributed by atoms with Crippen molar-refractivity contribution >= 4 is 23.2 Å². The van der Waals surface area contributed by atoms with Crippen LogP contribution in [-0.4, -0.2) is 9.97 Å². The van der Waals surface area contributed by atoms with Crippen molar-refractivity contribution < 1.29 is 0 Å². The van der Waals surface area contributed by atoms with Crippen LogP contribution in [0, 0.1) is 5.92 Å². The zero-order valence-corrected chi connectivity index (χ0v) is 9.15. The summed E-state index contributed by atoms with van der Waals surface area (Å²) in [6.07, 6.45) is 4.84. The molecule has 1 aromatic rings. The maximum Gasteiger partial charge on any atom is 0.224 e. The molecule has 0 saturated heterocycles. The van der Waals surface area contributed by atoms with Crippen LogP contribution in [0.15, 0.2) is 0 Å². The van der Waals surface area contributed by atoms with Gasteiger partial charge >= 0.3 is 0 Å². The minimum Gasteiger partial charge on any atom is -0.223 e. The minimum absolute atomic E-state index is 0.287. The van der Waals surface area contributed by atoms with Crippen molar-refractivity contribution in [3.63, 3.8) is 0 Å². The van der Waals surface area contributed by atoms with E-state index < -0.39 is 0 Å². The first-order valence-corrected chi connectivity index (χ1v) is 5.71. The van der Waals surface area contributed by atoms with Crippen molar-refractivity contribution in [2.75, 3.05) is 0 Å². The van der Waals surface area contributed by atoms with Gasteiger partial charge in [0.1, 0.15) is 5.15 Å².